The highest BCUT2D eigenvalue weighted by Crippen LogP contribution is 2.28. The van der Waals surface area contributed by atoms with E-state index in [9.17, 15) is 5.11 Å². The molecule has 84 valence electrons. The van der Waals surface area contributed by atoms with Crippen LogP contribution in [0.1, 0.15) is 13.8 Å². The second-order valence-electron chi connectivity index (χ2n) is 5.04. The lowest BCUT2D eigenvalue weighted by molar-refractivity contribution is 0.233. The van der Waals surface area contributed by atoms with Gasteiger partial charge in [0.2, 0.25) is 0 Å². The van der Waals surface area contributed by atoms with Crippen LogP contribution in [-0.2, 0) is 0 Å². The lowest BCUT2D eigenvalue weighted by Gasteiger charge is -2.33. The molecule has 1 rings (SSSR count). The van der Waals surface area contributed by atoms with Crippen LogP contribution >= 0.6 is 0 Å². The van der Waals surface area contributed by atoms with Gasteiger partial charge in [-0.15, -0.1) is 0 Å². The van der Waals surface area contributed by atoms with Gasteiger partial charge in [-0.3, -0.25) is 0 Å². The molecule has 0 aliphatic rings. The molecule has 0 saturated heterocycles. The number of benzene rings is 1. The number of hydrogen-bond donors (Lipinski definition) is 1. The number of aliphatic hydroxyl groups excluding tert-OH is 1. The van der Waals surface area contributed by atoms with E-state index in [0.717, 1.165) is 0 Å². The summed E-state index contributed by atoms with van der Waals surface area (Å²) < 4.78 is 0. The Balaban J connectivity index is 2.92. The Kier molecular flexibility index (Phi) is 4.11. The van der Waals surface area contributed by atoms with Gasteiger partial charge < -0.3 is 5.11 Å². The molecule has 1 nitrogen and oxygen atoms in total. The highest BCUT2D eigenvalue weighted by molar-refractivity contribution is 6.90. The topological polar surface area (TPSA) is 20.2 Å². The Labute approximate surface area is 94.2 Å². The van der Waals surface area contributed by atoms with Crippen molar-refractivity contribution >= 4 is 13.3 Å². The zero-order chi connectivity index (χ0) is 11.5. The molecule has 0 bridgehead atoms. The summed E-state index contributed by atoms with van der Waals surface area (Å²) in [7, 11) is -1.43. The molecular formula is C13H22OSi. The smallest absolute Gasteiger partial charge is 0.0837 e. The fraction of sp³-hybridized carbons (Fsp3) is 0.538. The highest BCUT2D eigenvalue weighted by atomic mass is 28.3. The molecule has 0 aromatic heterocycles. The van der Waals surface area contributed by atoms with Crippen molar-refractivity contribution in [1.29, 1.82) is 0 Å². The predicted octanol–water partition coefficient (Wildman–Crippen LogP) is 2.62. The van der Waals surface area contributed by atoms with Gasteiger partial charge in [0, 0.05) is 6.61 Å². The molecule has 0 fully saturated rings. The average molecular weight is 222 g/mol. The largest absolute Gasteiger partial charge is 0.396 e. The van der Waals surface area contributed by atoms with Crippen LogP contribution < -0.4 is 5.19 Å². The van der Waals surface area contributed by atoms with Gasteiger partial charge in [-0.05, 0) is 11.5 Å². The first-order valence-corrected chi connectivity index (χ1v) is 8.74. The van der Waals surface area contributed by atoms with Gasteiger partial charge in [0.1, 0.15) is 0 Å². The van der Waals surface area contributed by atoms with E-state index in [-0.39, 0.29) is 0 Å². The van der Waals surface area contributed by atoms with Crippen LogP contribution in [0.15, 0.2) is 30.3 Å². The van der Waals surface area contributed by atoms with E-state index in [1.165, 1.54) is 5.19 Å². The quantitative estimate of drug-likeness (QED) is 0.777. The standard InChI is InChI=1S/C13H22OSi/c1-11(10-14)12(2)15(3,4)13-8-6-5-7-9-13/h5-9,11-12,14H,10H2,1-4H3. The van der Waals surface area contributed by atoms with Gasteiger partial charge in [0.15, 0.2) is 0 Å². The van der Waals surface area contributed by atoms with E-state index in [0.29, 0.717) is 18.1 Å². The lowest BCUT2D eigenvalue weighted by Crippen LogP contribution is -2.47. The first-order valence-electron chi connectivity index (χ1n) is 5.66. The Morgan fingerprint density at radius 1 is 1.13 bits per heavy atom. The monoisotopic (exact) mass is 222 g/mol. The maximum absolute atomic E-state index is 9.24. The second-order valence-corrected chi connectivity index (χ2v) is 9.97. The third-order valence-electron chi connectivity index (χ3n) is 3.80. The first kappa shape index (κ1) is 12.5. The van der Waals surface area contributed by atoms with Crippen LogP contribution in [0, 0.1) is 5.92 Å². The Hall–Kier alpha value is -0.603. The van der Waals surface area contributed by atoms with E-state index >= 15 is 0 Å². The van der Waals surface area contributed by atoms with E-state index in [1.54, 1.807) is 0 Å². The van der Waals surface area contributed by atoms with E-state index in [2.05, 4.69) is 57.3 Å². The molecular weight excluding hydrogens is 200 g/mol. The second kappa shape index (κ2) is 4.95. The van der Waals surface area contributed by atoms with E-state index in [1.807, 2.05) is 0 Å². The van der Waals surface area contributed by atoms with Crippen molar-refractivity contribution < 1.29 is 5.11 Å². The number of hydrogen-bond acceptors (Lipinski definition) is 1. The lowest BCUT2D eigenvalue weighted by atomic mass is 10.1. The summed E-state index contributed by atoms with van der Waals surface area (Å²) in [6, 6.07) is 10.7. The van der Waals surface area contributed by atoms with Crippen molar-refractivity contribution in [2.45, 2.75) is 32.5 Å². The van der Waals surface area contributed by atoms with Gasteiger partial charge >= 0.3 is 0 Å². The van der Waals surface area contributed by atoms with Gasteiger partial charge in [0.25, 0.3) is 0 Å². The molecule has 2 atom stereocenters. The van der Waals surface area contributed by atoms with Crippen LogP contribution in [-0.4, -0.2) is 19.8 Å². The Morgan fingerprint density at radius 2 is 1.67 bits per heavy atom. The zero-order valence-electron chi connectivity index (χ0n) is 10.2. The Bertz CT molecular complexity index is 295. The summed E-state index contributed by atoms with van der Waals surface area (Å²) in [5.41, 5.74) is 0.602. The Morgan fingerprint density at radius 3 is 2.13 bits per heavy atom. The molecule has 2 unspecified atom stereocenters. The first-order chi connectivity index (χ1) is 7.00. The number of aliphatic hydroxyl groups is 1. The number of rotatable bonds is 4. The molecule has 0 aliphatic heterocycles. The molecule has 0 saturated carbocycles. The molecule has 0 aliphatic carbocycles. The third kappa shape index (κ3) is 2.70. The molecule has 2 heteroatoms. The zero-order valence-corrected chi connectivity index (χ0v) is 11.2. The molecule has 15 heavy (non-hydrogen) atoms. The van der Waals surface area contributed by atoms with Gasteiger partial charge in [-0.1, -0.05) is 62.5 Å². The van der Waals surface area contributed by atoms with Crippen LogP contribution in [0.25, 0.3) is 0 Å². The predicted molar refractivity (Wildman–Crippen MR) is 69.2 cm³/mol. The van der Waals surface area contributed by atoms with Gasteiger partial charge in [-0.2, -0.15) is 0 Å². The van der Waals surface area contributed by atoms with Gasteiger partial charge in [-0.25, -0.2) is 0 Å². The van der Waals surface area contributed by atoms with Crippen LogP contribution in [0.5, 0.6) is 0 Å². The minimum atomic E-state index is -1.43. The fourth-order valence-corrected chi connectivity index (χ4v) is 5.11. The van der Waals surface area contributed by atoms with Crippen LogP contribution in [0.2, 0.25) is 18.6 Å². The van der Waals surface area contributed by atoms with E-state index in [4.69, 9.17) is 0 Å². The normalized spacial score (nSPS) is 16.1. The highest BCUT2D eigenvalue weighted by Gasteiger charge is 2.33. The van der Waals surface area contributed by atoms with Gasteiger partial charge in [0.05, 0.1) is 8.07 Å². The molecule has 1 aromatic rings. The van der Waals surface area contributed by atoms with E-state index < -0.39 is 8.07 Å². The summed E-state index contributed by atoms with van der Waals surface area (Å²) in [6.45, 7) is 9.49. The summed E-state index contributed by atoms with van der Waals surface area (Å²) in [5, 5.41) is 10.7. The van der Waals surface area contributed by atoms with Crippen LogP contribution in [0.3, 0.4) is 0 Å². The van der Waals surface area contributed by atoms with Crippen molar-refractivity contribution in [1.82, 2.24) is 0 Å². The summed E-state index contributed by atoms with van der Waals surface area (Å²) in [6.07, 6.45) is 0. The van der Waals surface area contributed by atoms with Crippen molar-refractivity contribution in [2.24, 2.45) is 5.92 Å². The molecule has 0 spiro atoms. The summed E-state index contributed by atoms with van der Waals surface area (Å²) >= 11 is 0. The fourth-order valence-electron chi connectivity index (χ4n) is 2.00. The maximum Gasteiger partial charge on any atom is 0.0837 e. The minimum absolute atomic E-state index is 0.296. The molecule has 1 N–H and O–H groups in total. The molecule has 0 heterocycles. The molecule has 1 aromatic carbocycles. The molecule has 0 radical (unpaired) electrons. The maximum atomic E-state index is 9.24. The van der Waals surface area contributed by atoms with Crippen LogP contribution in [0.4, 0.5) is 0 Å². The average Bonchev–Trinajstić information content (AvgIpc) is 2.28. The van der Waals surface area contributed by atoms with Crippen molar-refractivity contribution in [3.63, 3.8) is 0 Å². The molecule has 0 amide bonds. The SMILES string of the molecule is CC(CO)C(C)[Si](C)(C)c1ccccc1. The van der Waals surface area contributed by atoms with Crippen molar-refractivity contribution in [2.75, 3.05) is 6.61 Å². The van der Waals surface area contributed by atoms with Crippen molar-refractivity contribution in [3.05, 3.63) is 30.3 Å². The summed E-state index contributed by atoms with van der Waals surface area (Å²) in [5.74, 6) is 0.395. The third-order valence-corrected chi connectivity index (χ3v) is 8.46. The minimum Gasteiger partial charge on any atom is -0.396 e. The van der Waals surface area contributed by atoms with Crippen molar-refractivity contribution in [3.8, 4) is 0 Å². The summed E-state index contributed by atoms with van der Waals surface area (Å²) in [4.78, 5) is 0.